The third kappa shape index (κ3) is 2.95. The van der Waals surface area contributed by atoms with Crippen LogP contribution in [0.2, 0.25) is 0 Å². The van der Waals surface area contributed by atoms with Gasteiger partial charge in [-0.3, -0.25) is 4.90 Å². The highest BCUT2D eigenvalue weighted by Crippen LogP contribution is 2.35. The maximum Gasteiger partial charge on any atom is 0.416 e. The monoisotopic (exact) mass is 299 g/mol. The van der Waals surface area contributed by atoms with E-state index in [0.29, 0.717) is 6.04 Å². The van der Waals surface area contributed by atoms with Crippen molar-refractivity contribution in [2.45, 2.75) is 31.5 Å². The molecule has 116 valence electrons. The minimum absolute atomic E-state index is 0.219. The number of nitrogens with two attached hydrogens (primary N) is 1. The highest BCUT2D eigenvalue weighted by molar-refractivity contribution is 5.69. The first-order chi connectivity index (χ1) is 9.95. The van der Waals surface area contributed by atoms with E-state index in [9.17, 15) is 13.2 Å². The van der Waals surface area contributed by atoms with E-state index in [1.165, 1.54) is 12.5 Å². The highest BCUT2D eigenvalue weighted by atomic mass is 19.4. The molecule has 2 N–H and O–H groups in total. The Morgan fingerprint density at radius 3 is 2.57 bits per heavy atom. The minimum Gasteiger partial charge on any atom is -0.397 e. The molecule has 0 aromatic heterocycles. The van der Waals surface area contributed by atoms with Gasteiger partial charge in [-0.05, 0) is 44.0 Å². The number of benzene rings is 1. The topological polar surface area (TPSA) is 32.5 Å². The normalized spacial score (nSPS) is 24.0. The minimum atomic E-state index is -4.34. The number of hydrogen-bond donors (Lipinski definition) is 1. The van der Waals surface area contributed by atoms with Crippen LogP contribution in [0.4, 0.5) is 24.5 Å². The van der Waals surface area contributed by atoms with Crippen molar-refractivity contribution < 1.29 is 13.2 Å². The van der Waals surface area contributed by atoms with E-state index in [2.05, 4.69) is 9.80 Å². The molecule has 2 aliphatic heterocycles. The molecule has 1 aromatic carbocycles. The zero-order valence-electron chi connectivity index (χ0n) is 11.9. The molecule has 0 radical (unpaired) electrons. The molecule has 0 aliphatic carbocycles. The summed E-state index contributed by atoms with van der Waals surface area (Å²) in [5, 5.41) is 0. The summed E-state index contributed by atoms with van der Waals surface area (Å²) < 4.78 is 38.1. The van der Waals surface area contributed by atoms with Gasteiger partial charge in [0.2, 0.25) is 0 Å². The number of nitrogens with zero attached hydrogens (tertiary/aromatic N) is 2. The fraction of sp³-hybridized carbons (Fsp3) is 0.600. The Morgan fingerprint density at radius 1 is 1.10 bits per heavy atom. The number of alkyl halides is 3. The largest absolute Gasteiger partial charge is 0.416 e. The third-order valence-corrected chi connectivity index (χ3v) is 4.50. The quantitative estimate of drug-likeness (QED) is 0.809. The zero-order chi connectivity index (χ0) is 15.0. The molecule has 0 spiro atoms. The summed E-state index contributed by atoms with van der Waals surface area (Å²) in [6.45, 7) is 3.92. The number of rotatable bonds is 1. The van der Waals surface area contributed by atoms with Gasteiger partial charge in [0.05, 0.1) is 16.9 Å². The van der Waals surface area contributed by atoms with E-state index < -0.39 is 11.7 Å². The van der Waals surface area contributed by atoms with Crippen molar-refractivity contribution in [3.05, 3.63) is 23.8 Å². The van der Waals surface area contributed by atoms with Gasteiger partial charge in [0, 0.05) is 25.7 Å². The van der Waals surface area contributed by atoms with Crippen LogP contribution in [0, 0.1) is 0 Å². The average molecular weight is 299 g/mol. The number of nitrogen functional groups attached to an aromatic ring is 1. The second kappa shape index (κ2) is 5.40. The van der Waals surface area contributed by atoms with E-state index in [-0.39, 0.29) is 5.69 Å². The van der Waals surface area contributed by atoms with E-state index >= 15 is 0 Å². The van der Waals surface area contributed by atoms with Crippen LogP contribution in [-0.2, 0) is 6.18 Å². The summed E-state index contributed by atoms with van der Waals surface area (Å²) in [5.41, 5.74) is 6.15. The SMILES string of the molecule is Nc1cc(C(F)(F)F)ccc1N1CCCN2CCCC2C1. The van der Waals surface area contributed by atoms with Crippen LogP contribution in [0.15, 0.2) is 18.2 Å². The molecule has 3 rings (SSSR count). The maximum atomic E-state index is 12.7. The Hall–Kier alpha value is -1.43. The van der Waals surface area contributed by atoms with Crippen molar-refractivity contribution in [1.29, 1.82) is 0 Å². The Labute approximate surface area is 122 Å². The number of hydrogen-bond acceptors (Lipinski definition) is 3. The fourth-order valence-electron chi connectivity index (χ4n) is 3.44. The third-order valence-electron chi connectivity index (χ3n) is 4.50. The van der Waals surface area contributed by atoms with Gasteiger partial charge < -0.3 is 10.6 Å². The van der Waals surface area contributed by atoms with Gasteiger partial charge in [0.25, 0.3) is 0 Å². The first kappa shape index (κ1) is 14.5. The lowest BCUT2D eigenvalue weighted by atomic mass is 10.1. The van der Waals surface area contributed by atoms with Gasteiger partial charge in [-0.25, -0.2) is 0 Å². The van der Waals surface area contributed by atoms with Crippen molar-refractivity contribution >= 4 is 11.4 Å². The Balaban J connectivity index is 1.82. The lowest BCUT2D eigenvalue weighted by Gasteiger charge is -2.28. The Morgan fingerprint density at radius 2 is 1.86 bits per heavy atom. The van der Waals surface area contributed by atoms with E-state index in [4.69, 9.17) is 5.73 Å². The molecule has 1 unspecified atom stereocenters. The first-order valence-electron chi connectivity index (χ1n) is 7.41. The summed E-state index contributed by atoms with van der Waals surface area (Å²) in [6.07, 6.45) is -0.942. The lowest BCUT2D eigenvalue weighted by molar-refractivity contribution is -0.137. The molecule has 0 bridgehead atoms. The van der Waals surface area contributed by atoms with Crippen molar-refractivity contribution in [3.8, 4) is 0 Å². The zero-order valence-corrected chi connectivity index (χ0v) is 11.9. The van der Waals surface area contributed by atoms with Crippen LogP contribution in [0.3, 0.4) is 0 Å². The summed E-state index contributed by atoms with van der Waals surface area (Å²) in [4.78, 5) is 4.63. The predicted molar refractivity (Wildman–Crippen MR) is 77.3 cm³/mol. The van der Waals surface area contributed by atoms with Gasteiger partial charge in [0.1, 0.15) is 0 Å². The summed E-state index contributed by atoms with van der Waals surface area (Å²) in [6, 6.07) is 4.20. The molecule has 6 heteroatoms. The van der Waals surface area contributed by atoms with Crippen LogP contribution in [0.25, 0.3) is 0 Å². The Kier molecular flexibility index (Phi) is 3.73. The van der Waals surface area contributed by atoms with Crippen LogP contribution in [0.1, 0.15) is 24.8 Å². The van der Waals surface area contributed by atoms with Crippen LogP contribution in [0.5, 0.6) is 0 Å². The molecule has 21 heavy (non-hydrogen) atoms. The molecule has 2 aliphatic rings. The van der Waals surface area contributed by atoms with Gasteiger partial charge >= 0.3 is 6.18 Å². The first-order valence-corrected chi connectivity index (χ1v) is 7.41. The fourth-order valence-corrected chi connectivity index (χ4v) is 3.44. The lowest BCUT2D eigenvalue weighted by Crippen LogP contribution is -2.36. The van der Waals surface area contributed by atoms with Crippen LogP contribution < -0.4 is 10.6 Å². The molecular weight excluding hydrogens is 279 g/mol. The molecule has 1 aromatic rings. The molecule has 1 atom stereocenters. The van der Waals surface area contributed by atoms with E-state index in [1.807, 2.05) is 0 Å². The average Bonchev–Trinajstić information content (AvgIpc) is 2.75. The number of anilines is 2. The molecule has 0 amide bonds. The van der Waals surface area contributed by atoms with Crippen molar-refractivity contribution in [2.24, 2.45) is 0 Å². The van der Waals surface area contributed by atoms with Crippen LogP contribution >= 0.6 is 0 Å². The molecule has 2 heterocycles. The second-order valence-corrected chi connectivity index (χ2v) is 5.90. The van der Waals surface area contributed by atoms with Crippen molar-refractivity contribution in [3.63, 3.8) is 0 Å². The molecule has 2 fully saturated rings. The van der Waals surface area contributed by atoms with Crippen molar-refractivity contribution in [1.82, 2.24) is 4.90 Å². The van der Waals surface area contributed by atoms with E-state index in [0.717, 1.165) is 56.8 Å². The molecule has 3 nitrogen and oxygen atoms in total. The van der Waals surface area contributed by atoms with Gasteiger partial charge in [-0.2, -0.15) is 13.2 Å². The standard InChI is InChI=1S/C15H20F3N3/c16-15(17,18)11-4-5-14(13(19)9-11)21-8-2-7-20-6-1-3-12(20)10-21/h4-5,9,12H,1-3,6-8,10,19H2. The predicted octanol–water partition coefficient (Wildman–Crippen LogP) is 2.96. The van der Waals surface area contributed by atoms with Gasteiger partial charge in [0.15, 0.2) is 0 Å². The summed E-state index contributed by atoms with van der Waals surface area (Å²) >= 11 is 0. The van der Waals surface area contributed by atoms with Gasteiger partial charge in [-0.15, -0.1) is 0 Å². The Bertz CT molecular complexity index is 515. The number of fused-ring (bicyclic) bond motifs is 1. The van der Waals surface area contributed by atoms with Crippen LogP contribution in [-0.4, -0.2) is 37.1 Å². The molecule has 2 saturated heterocycles. The maximum absolute atomic E-state index is 12.7. The second-order valence-electron chi connectivity index (χ2n) is 5.90. The number of halogens is 3. The van der Waals surface area contributed by atoms with Crippen molar-refractivity contribution in [2.75, 3.05) is 36.8 Å². The van der Waals surface area contributed by atoms with Gasteiger partial charge in [-0.1, -0.05) is 0 Å². The molecule has 0 saturated carbocycles. The highest BCUT2D eigenvalue weighted by Gasteiger charge is 2.32. The molecular formula is C15H20F3N3. The summed E-state index contributed by atoms with van der Waals surface area (Å²) in [5.74, 6) is 0. The summed E-state index contributed by atoms with van der Waals surface area (Å²) in [7, 11) is 0. The smallest absolute Gasteiger partial charge is 0.397 e. The van der Waals surface area contributed by atoms with E-state index in [1.54, 1.807) is 0 Å².